The summed E-state index contributed by atoms with van der Waals surface area (Å²) in [5.74, 6) is 0.432. The first kappa shape index (κ1) is 10.7. The molecule has 0 unspecified atom stereocenters. The molecule has 15 heavy (non-hydrogen) atoms. The summed E-state index contributed by atoms with van der Waals surface area (Å²) in [6.07, 6.45) is 1.76. The Balaban J connectivity index is 2.22. The molecule has 7 heteroatoms. The predicted molar refractivity (Wildman–Crippen MR) is 66.0 cm³/mol. The van der Waals surface area contributed by atoms with Crippen LogP contribution in [0.1, 0.15) is 16.1 Å². The molecule has 80 valence electrons. The van der Waals surface area contributed by atoms with Gasteiger partial charge in [-0.1, -0.05) is 0 Å². The number of nitrogens with one attached hydrogen (secondary N) is 1. The number of hydrogen-bond acceptors (Lipinski definition) is 5. The van der Waals surface area contributed by atoms with Crippen LogP contribution < -0.4 is 11.2 Å². The largest absolute Gasteiger partial charge is 0.384 e. The molecule has 0 aliphatic carbocycles. The van der Waals surface area contributed by atoms with Gasteiger partial charge in [-0.05, 0) is 47.1 Å². The van der Waals surface area contributed by atoms with Crippen LogP contribution in [0.15, 0.2) is 11.9 Å². The fourth-order valence-electron chi connectivity index (χ4n) is 1.29. The van der Waals surface area contributed by atoms with E-state index in [0.717, 1.165) is 8.58 Å². The molecule has 1 aliphatic rings. The van der Waals surface area contributed by atoms with Gasteiger partial charge in [-0.2, -0.15) is 4.37 Å². The first-order chi connectivity index (χ1) is 7.09. The maximum atomic E-state index is 12.0. The number of nitrogens with two attached hydrogens (primary N) is 1. The van der Waals surface area contributed by atoms with E-state index in [1.807, 2.05) is 6.92 Å². The van der Waals surface area contributed by atoms with Crippen LogP contribution in [0.4, 0.5) is 0 Å². The average molecular weight is 336 g/mol. The number of hydrogen-bond donors (Lipinski definition) is 2. The van der Waals surface area contributed by atoms with E-state index in [1.54, 1.807) is 6.08 Å². The van der Waals surface area contributed by atoms with Crippen molar-refractivity contribution in [2.45, 2.75) is 6.92 Å². The minimum Gasteiger partial charge on any atom is -0.384 e. The number of carbonyl (C=O) groups excluding carboxylic acids is 1. The molecule has 2 rings (SSSR count). The van der Waals surface area contributed by atoms with Gasteiger partial charge in [0.1, 0.15) is 5.82 Å². The highest BCUT2D eigenvalue weighted by Gasteiger charge is 2.24. The number of rotatable bonds is 1. The Labute approximate surface area is 105 Å². The van der Waals surface area contributed by atoms with Crippen LogP contribution in [-0.4, -0.2) is 21.8 Å². The van der Waals surface area contributed by atoms with Crippen LogP contribution in [0.3, 0.4) is 0 Å². The molecule has 0 fully saturated rings. The number of aryl methyl sites for hydroxylation is 1. The predicted octanol–water partition coefficient (Wildman–Crippen LogP) is 0.817. The van der Waals surface area contributed by atoms with E-state index in [4.69, 9.17) is 5.73 Å². The third-order valence-electron chi connectivity index (χ3n) is 2.04. The molecule has 1 aromatic heterocycles. The summed E-state index contributed by atoms with van der Waals surface area (Å²) in [6, 6.07) is 0. The van der Waals surface area contributed by atoms with Crippen LogP contribution in [0.25, 0.3) is 0 Å². The van der Waals surface area contributed by atoms with Crippen LogP contribution in [0.2, 0.25) is 0 Å². The fourth-order valence-corrected chi connectivity index (χ4v) is 2.84. The zero-order valence-corrected chi connectivity index (χ0v) is 10.9. The summed E-state index contributed by atoms with van der Waals surface area (Å²) in [5.41, 5.74) is 9.75. The number of hydrazine groups is 1. The summed E-state index contributed by atoms with van der Waals surface area (Å²) in [6.45, 7) is 2.33. The molecular formula is C8H9IN4OS. The van der Waals surface area contributed by atoms with Crippen molar-refractivity contribution in [1.29, 1.82) is 0 Å². The SMILES string of the molecule is Cc1nsc(I)c1C(=O)N1CC=C(N)N1. The van der Waals surface area contributed by atoms with Gasteiger partial charge < -0.3 is 5.73 Å². The summed E-state index contributed by atoms with van der Waals surface area (Å²) in [5, 5.41) is 1.48. The van der Waals surface area contributed by atoms with E-state index in [1.165, 1.54) is 16.5 Å². The van der Waals surface area contributed by atoms with Gasteiger partial charge in [-0.25, -0.2) is 5.01 Å². The van der Waals surface area contributed by atoms with E-state index >= 15 is 0 Å². The van der Waals surface area contributed by atoms with Gasteiger partial charge in [0.2, 0.25) is 0 Å². The maximum Gasteiger partial charge on any atom is 0.276 e. The first-order valence-electron chi connectivity index (χ1n) is 4.25. The number of halogens is 1. The van der Waals surface area contributed by atoms with Gasteiger partial charge in [0.25, 0.3) is 5.91 Å². The highest BCUT2D eigenvalue weighted by atomic mass is 127. The lowest BCUT2D eigenvalue weighted by molar-refractivity contribution is 0.0729. The second-order valence-corrected chi connectivity index (χ2v) is 5.69. The second kappa shape index (κ2) is 3.97. The van der Waals surface area contributed by atoms with Crippen LogP contribution in [0, 0.1) is 9.81 Å². The van der Waals surface area contributed by atoms with E-state index in [0.29, 0.717) is 17.9 Å². The number of amides is 1. The monoisotopic (exact) mass is 336 g/mol. The lowest BCUT2D eigenvalue weighted by Gasteiger charge is -2.16. The minimum atomic E-state index is -0.0812. The number of carbonyl (C=O) groups is 1. The van der Waals surface area contributed by atoms with Crippen LogP contribution in [0.5, 0.6) is 0 Å². The molecule has 0 radical (unpaired) electrons. The molecule has 2 heterocycles. The number of aromatic nitrogens is 1. The molecule has 3 N–H and O–H groups in total. The highest BCUT2D eigenvalue weighted by molar-refractivity contribution is 14.1. The Bertz CT molecular complexity index is 422. The minimum absolute atomic E-state index is 0.0812. The molecule has 0 aromatic carbocycles. The summed E-state index contributed by atoms with van der Waals surface area (Å²) >= 11 is 3.45. The van der Waals surface area contributed by atoms with Crippen molar-refractivity contribution in [2.75, 3.05) is 6.54 Å². The van der Waals surface area contributed by atoms with Crippen molar-refractivity contribution in [3.8, 4) is 0 Å². The molecular weight excluding hydrogens is 327 g/mol. The van der Waals surface area contributed by atoms with Crippen molar-refractivity contribution in [2.24, 2.45) is 5.73 Å². The van der Waals surface area contributed by atoms with Crippen LogP contribution >= 0.6 is 34.1 Å². The average Bonchev–Trinajstić information content (AvgIpc) is 2.73. The molecule has 0 saturated carbocycles. The third kappa shape index (κ3) is 1.93. The van der Waals surface area contributed by atoms with E-state index in [-0.39, 0.29) is 5.91 Å². The van der Waals surface area contributed by atoms with Gasteiger partial charge >= 0.3 is 0 Å². The van der Waals surface area contributed by atoms with Gasteiger partial charge in [-0.15, -0.1) is 0 Å². The molecule has 0 atom stereocenters. The van der Waals surface area contributed by atoms with Crippen molar-refractivity contribution in [3.63, 3.8) is 0 Å². The smallest absolute Gasteiger partial charge is 0.276 e. The molecule has 0 bridgehead atoms. The van der Waals surface area contributed by atoms with Crippen LogP contribution in [-0.2, 0) is 0 Å². The Kier molecular flexibility index (Phi) is 2.83. The summed E-state index contributed by atoms with van der Waals surface area (Å²) in [4.78, 5) is 12.0. The van der Waals surface area contributed by atoms with E-state index in [9.17, 15) is 4.79 Å². The van der Waals surface area contributed by atoms with Gasteiger partial charge in [0.15, 0.2) is 0 Å². The lowest BCUT2D eigenvalue weighted by atomic mass is 10.2. The zero-order valence-electron chi connectivity index (χ0n) is 7.95. The lowest BCUT2D eigenvalue weighted by Crippen LogP contribution is -2.39. The Morgan fingerprint density at radius 1 is 1.80 bits per heavy atom. The van der Waals surface area contributed by atoms with Crippen molar-refractivity contribution in [3.05, 3.63) is 26.0 Å². The normalized spacial score (nSPS) is 15.1. The maximum absolute atomic E-state index is 12.0. The van der Waals surface area contributed by atoms with Gasteiger partial charge in [0, 0.05) is 0 Å². The first-order valence-corrected chi connectivity index (χ1v) is 6.10. The molecule has 1 aromatic rings. The Morgan fingerprint density at radius 3 is 3.00 bits per heavy atom. The molecule has 0 spiro atoms. The highest BCUT2D eigenvalue weighted by Crippen LogP contribution is 2.22. The molecule has 1 aliphatic heterocycles. The standard InChI is InChI=1S/C8H9IN4OS/c1-4-6(7(9)15-12-4)8(14)13-3-2-5(10)11-13/h2,11H,3,10H2,1H3. The molecule has 5 nitrogen and oxygen atoms in total. The number of nitrogens with zero attached hydrogens (tertiary/aromatic N) is 2. The topological polar surface area (TPSA) is 71.2 Å². The fraction of sp³-hybridized carbons (Fsp3) is 0.250. The molecule has 0 saturated heterocycles. The summed E-state index contributed by atoms with van der Waals surface area (Å²) in [7, 11) is 0. The zero-order chi connectivity index (χ0) is 11.0. The van der Waals surface area contributed by atoms with Crippen molar-refractivity contribution in [1.82, 2.24) is 14.8 Å². The quantitative estimate of drug-likeness (QED) is 0.745. The van der Waals surface area contributed by atoms with Gasteiger partial charge in [0.05, 0.1) is 20.7 Å². The van der Waals surface area contributed by atoms with Gasteiger partial charge in [-0.3, -0.25) is 10.2 Å². The molecule has 1 amide bonds. The van der Waals surface area contributed by atoms with E-state index < -0.39 is 0 Å². The third-order valence-corrected chi connectivity index (χ3v) is 3.90. The Hall–Kier alpha value is -0.830. The Morgan fingerprint density at radius 2 is 2.53 bits per heavy atom. The van der Waals surface area contributed by atoms with E-state index in [2.05, 4.69) is 32.4 Å². The summed E-state index contributed by atoms with van der Waals surface area (Å²) < 4.78 is 5.04. The van der Waals surface area contributed by atoms with Crippen molar-refractivity contribution >= 4 is 40.0 Å². The van der Waals surface area contributed by atoms with Crippen molar-refractivity contribution < 1.29 is 4.79 Å². The second-order valence-electron chi connectivity index (χ2n) is 3.10.